The molecule has 0 bridgehead atoms. The van der Waals surface area contributed by atoms with E-state index in [1.165, 1.54) is 70.6 Å². The zero-order chi connectivity index (χ0) is 20.5. The van der Waals surface area contributed by atoms with Crippen molar-refractivity contribution in [1.82, 2.24) is 0 Å². The first-order chi connectivity index (χ1) is 13.7. The summed E-state index contributed by atoms with van der Waals surface area (Å²) in [5.74, 6) is 0. The Kier molecular flexibility index (Phi) is 15.9. The molecule has 0 aromatic heterocycles. The van der Waals surface area contributed by atoms with Crippen LogP contribution in [0.3, 0.4) is 0 Å². The standard InChI is InChI=1S/C23H44O5/c1-2-3-4-5-6-7-8-9-10-11-12-13-14-15-16-17-27-23-20(25)19-28-21(18-24)22(23)26/h2,20-26H,1,3-19H2/t20-,21+,22+,23+/m0/s1. The van der Waals surface area contributed by atoms with Crippen LogP contribution in [0.5, 0.6) is 0 Å². The highest BCUT2D eigenvalue weighted by Crippen LogP contribution is 2.19. The molecule has 5 heteroatoms. The van der Waals surface area contributed by atoms with E-state index in [-0.39, 0.29) is 13.2 Å². The Morgan fingerprint density at radius 3 is 1.82 bits per heavy atom. The first-order valence-corrected chi connectivity index (χ1v) is 11.5. The third-order valence-corrected chi connectivity index (χ3v) is 5.62. The summed E-state index contributed by atoms with van der Waals surface area (Å²) in [4.78, 5) is 0. The molecule has 1 aliphatic heterocycles. The fraction of sp³-hybridized carbons (Fsp3) is 0.913. The molecule has 28 heavy (non-hydrogen) atoms. The average molecular weight is 401 g/mol. The number of unbranched alkanes of at least 4 members (excludes halogenated alkanes) is 13. The molecule has 1 aliphatic rings. The van der Waals surface area contributed by atoms with Gasteiger partial charge in [-0.2, -0.15) is 0 Å². The zero-order valence-corrected chi connectivity index (χ0v) is 17.8. The smallest absolute Gasteiger partial charge is 0.114 e. The molecular weight excluding hydrogens is 356 g/mol. The van der Waals surface area contributed by atoms with E-state index in [9.17, 15) is 10.2 Å². The Labute approximate surface area is 172 Å². The monoisotopic (exact) mass is 400 g/mol. The molecular formula is C23H44O5. The Morgan fingerprint density at radius 2 is 1.32 bits per heavy atom. The van der Waals surface area contributed by atoms with Gasteiger partial charge in [0.15, 0.2) is 0 Å². The van der Waals surface area contributed by atoms with Gasteiger partial charge >= 0.3 is 0 Å². The molecule has 0 aromatic carbocycles. The summed E-state index contributed by atoms with van der Waals surface area (Å²) in [7, 11) is 0. The van der Waals surface area contributed by atoms with Gasteiger partial charge in [0.05, 0.1) is 13.2 Å². The third kappa shape index (κ3) is 11.5. The van der Waals surface area contributed by atoms with Gasteiger partial charge in [-0.1, -0.05) is 76.7 Å². The molecule has 1 saturated heterocycles. The zero-order valence-electron chi connectivity index (χ0n) is 17.8. The van der Waals surface area contributed by atoms with Gasteiger partial charge < -0.3 is 24.8 Å². The van der Waals surface area contributed by atoms with E-state index < -0.39 is 24.4 Å². The van der Waals surface area contributed by atoms with Crippen molar-refractivity contribution in [3.05, 3.63) is 12.7 Å². The van der Waals surface area contributed by atoms with Crippen molar-refractivity contribution in [2.45, 2.75) is 114 Å². The number of allylic oxidation sites excluding steroid dienone is 1. The molecule has 0 aliphatic carbocycles. The van der Waals surface area contributed by atoms with Crippen LogP contribution < -0.4 is 0 Å². The molecule has 0 unspecified atom stereocenters. The molecule has 0 amide bonds. The number of hydrogen-bond acceptors (Lipinski definition) is 5. The maximum Gasteiger partial charge on any atom is 0.114 e. The maximum absolute atomic E-state index is 10.1. The molecule has 0 aromatic rings. The van der Waals surface area contributed by atoms with Crippen molar-refractivity contribution in [3.63, 3.8) is 0 Å². The molecule has 0 saturated carbocycles. The molecule has 5 nitrogen and oxygen atoms in total. The van der Waals surface area contributed by atoms with E-state index in [4.69, 9.17) is 14.6 Å². The number of aliphatic hydroxyl groups is 3. The average Bonchev–Trinajstić information content (AvgIpc) is 2.70. The van der Waals surface area contributed by atoms with Crippen LogP contribution in [0.1, 0.15) is 89.9 Å². The van der Waals surface area contributed by atoms with E-state index >= 15 is 0 Å². The summed E-state index contributed by atoms with van der Waals surface area (Å²) in [6.45, 7) is 4.13. The first kappa shape index (κ1) is 25.6. The van der Waals surface area contributed by atoms with Gasteiger partial charge in [0.25, 0.3) is 0 Å². The van der Waals surface area contributed by atoms with Gasteiger partial charge in [0.2, 0.25) is 0 Å². The normalized spacial score (nSPS) is 25.1. The van der Waals surface area contributed by atoms with Crippen molar-refractivity contribution in [3.8, 4) is 0 Å². The number of rotatable bonds is 18. The van der Waals surface area contributed by atoms with Crippen molar-refractivity contribution >= 4 is 0 Å². The van der Waals surface area contributed by atoms with Crippen LogP contribution in [0.4, 0.5) is 0 Å². The fourth-order valence-electron chi connectivity index (χ4n) is 3.78. The molecule has 0 radical (unpaired) electrons. The van der Waals surface area contributed by atoms with Crippen molar-refractivity contribution in [2.75, 3.05) is 19.8 Å². The minimum atomic E-state index is -0.971. The number of aliphatic hydroxyl groups excluding tert-OH is 3. The molecule has 166 valence electrons. The second-order valence-electron chi connectivity index (χ2n) is 8.12. The van der Waals surface area contributed by atoms with Crippen molar-refractivity contribution in [1.29, 1.82) is 0 Å². The highest BCUT2D eigenvalue weighted by Gasteiger charge is 2.38. The number of hydrogen-bond donors (Lipinski definition) is 3. The number of ether oxygens (including phenoxy) is 2. The van der Waals surface area contributed by atoms with Gasteiger partial charge in [-0.25, -0.2) is 0 Å². The Bertz CT molecular complexity index is 363. The fourth-order valence-corrected chi connectivity index (χ4v) is 3.78. The van der Waals surface area contributed by atoms with Crippen molar-refractivity contribution in [2.24, 2.45) is 0 Å². The SMILES string of the molecule is C=CCCCCCCCCCCCCCCCO[C@H]1[C@H](O)[C@@H](CO)OC[C@@H]1O. The van der Waals surface area contributed by atoms with E-state index in [1.807, 2.05) is 6.08 Å². The summed E-state index contributed by atoms with van der Waals surface area (Å²) in [5, 5.41) is 29.1. The quantitative estimate of drug-likeness (QED) is 0.238. The lowest BCUT2D eigenvalue weighted by Crippen LogP contribution is -2.55. The van der Waals surface area contributed by atoms with Crippen molar-refractivity contribution < 1.29 is 24.8 Å². The highest BCUT2D eigenvalue weighted by atomic mass is 16.6. The summed E-state index contributed by atoms with van der Waals surface area (Å²) >= 11 is 0. The third-order valence-electron chi connectivity index (χ3n) is 5.62. The Balaban J connectivity index is 1.85. The van der Waals surface area contributed by atoms with Crippen LogP contribution in [-0.2, 0) is 9.47 Å². The van der Waals surface area contributed by atoms with E-state index in [0.717, 1.165) is 19.3 Å². The largest absolute Gasteiger partial charge is 0.394 e. The molecule has 3 N–H and O–H groups in total. The van der Waals surface area contributed by atoms with Crippen LogP contribution in [0.25, 0.3) is 0 Å². The topological polar surface area (TPSA) is 79.2 Å². The highest BCUT2D eigenvalue weighted by molar-refractivity contribution is 4.87. The van der Waals surface area contributed by atoms with E-state index in [2.05, 4.69) is 6.58 Å². The minimum absolute atomic E-state index is 0.0995. The summed E-state index contributed by atoms with van der Waals surface area (Å²) in [5.41, 5.74) is 0. The van der Waals surface area contributed by atoms with Crippen LogP contribution >= 0.6 is 0 Å². The molecule has 1 rings (SSSR count). The summed E-state index contributed by atoms with van der Waals surface area (Å²) < 4.78 is 10.8. The summed E-state index contributed by atoms with van der Waals surface area (Å²) in [6, 6.07) is 0. The summed E-state index contributed by atoms with van der Waals surface area (Å²) in [6.07, 6.45) is 16.8. The molecule has 1 fully saturated rings. The van der Waals surface area contributed by atoms with Gasteiger partial charge in [-0.05, 0) is 19.3 Å². The van der Waals surface area contributed by atoms with Gasteiger partial charge in [0.1, 0.15) is 24.4 Å². The van der Waals surface area contributed by atoms with Crippen LogP contribution in [-0.4, -0.2) is 59.6 Å². The minimum Gasteiger partial charge on any atom is -0.394 e. The lowest BCUT2D eigenvalue weighted by molar-refractivity contribution is -0.210. The maximum atomic E-state index is 10.1. The predicted octanol–water partition coefficient (Wildman–Crippen LogP) is 4.13. The second-order valence-corrected chi connectivity index (χ2v) is 8.12. The second kappa shape index (κ2) is 17.4. The predicted molar refractivity (Wildman–Crippen MR) is 113 cm³/mol. The molecule has 1 heterocycles. The van der Waals surface area contributed by atoms with Gasteiger partial charge in [-0.3, -0.25) is 0 Å². The van der Waals surface area contributed by atoms with E-state index in [1.54, 1.807) is 0 Å². The van der Waals surface area contributed by atoms with Crippen LogP contribution in [0, 0.1) is 0 Å². The first-order valence-electron chi connectivity index (χ1n) is 11.5. The molecule has 0 spiro atoms. The van der Waals surface area contributed by atoms with E-state index in [0.29, 0.717) is 6.61 Å². The van der Waals surface area contributed by atoms with Crippen LogP contribution in [0.2, 0.25) is 0 Å². The molecule has 4 atom stereocenters. The lowest BCUT2D eigenvalue weighted by Gasteiger charge is -2.37. The van der Waals surface area contributed by atoms with Gasteiger partial charge in [0, 0.05) is 6.61 Å². The Hall–Kier alpha value is -0.460. The Morgan fingerprint density at radius 1 is 0.821 bits per heavy atom. The van der Waals surface area contributed by atoms with Crippen LogP contribution in [0.15, 0.2) is 12.7 Å². The lowest BCUT2D eigenvalue weighted by atomic mass is 10.0. The van der Waals surface area contributed by atoms with Gasteiger partial charge in [-0.15, -0.1) is 6.58 Å².